The highest BCUT2D eigenvalue weighted by Gasteiger charge is 2.39. The lowest BCUT2D eigenvalue weighted by Crippen LogP contribution is -2.53. The summed E-state index contributed by atoms with van der Waals surface area (Å²) in [4.78, 5) is 15.3. The first-order valence-corrected chi connectivity index (χ1v) is 5.47. The first-order valence-electron chi connectivity index (χ1n) is 4.68. The Hall–Kier alpha value is -0.880. The fourth-order valence-electron chi connectivity index (χ4n) is 1.92. The van der Waals surface area contributed by atoms with Crippen LogP contribution in [0.3, 0.4) is 0 Å². The summed E-state index contributed by atoms with van der Waals surface area (Å²) in [6.45, 7) is 2.51. The lowest BCUT2D eigenvalue weighted by atomic mass is 9.88. The number of imidazole rings is 1. The standard InChI is InChI=1S/C9H12BrN3O2/c1-5-12-7(10)6-4-9(11,8(14)15)2-3-13(5)6/h2-4,11H2,1H3,(H,14,15). The molecule has 0 amide bonds. The van der Waals surface area contributed by atoms with Gasteiger partial charge in [0.05, 0.1) is 5.69 Å². The molecule has 0 saturated carbocycles. The summed E-state index contributed by atoms with van der Waals surface area (Å²) >= 11 is 3.32. The van der Waals surface area contributed by atoms with E-state index in [9.17, 15) is 4.79 Å². The Morgan fingerprint density at radius 3 is 3.00 bits per heavy atom. The minimum atomic E-state index is -1.15. The first kappa shape index (κ1) is 10.6. The number of halogens is 1. The van der Waals surface area contributed by atoms with Gasteiger partial charge in [0, 0.05) is 13.0 Å². The fraction of sp³-hybridized carbons (Fsp3) is 0.556. The molecule has 1 atom stereocenters. The number of fused-ring (bicyclic) bond motifs is 1. The van der Waals surface area contributed by atoms with Crippen LogP contribution in [0.5, 0.6) is 0 Å². The van der Waals surface area contributed by atoms with Crippen molar-refractivity contribution in [1.29, 1.82) is 0 Å². The van der Waals surface area contributed by atoms with Crippen LogP contribution in [0.4, 0.5) is 0 Å². The van der Waals surface area contributed by atoms with Crippen LogP contribution in [0.2, 0.25) is 0 Å². The summed E-state index contributed by atoms with van der Waals surface area (Å²) in [7, 11) is 0. The molecule has 1 aliphatic heterocycles. The van der Waals surface area contributed by atoms with Crippen LogP contribution in [0.25, 0.3) is 0 Å². The number of hydrogen-bond donors (Lipinski definition) is 2. The topological polar surface area (TPSA) is 81.1 Å². The van der Waals surface area contributed by atoms with Gasteiger partial charge in [0.25, 0.3) is 0 Å². The van der Waals surface area contributed by atoms with Gasteiger partial charge in [0.15, 0.2) is 0 Å². The van der Waals surface area contributed by atoms with Crippen LogP contribution in [0, 0.1) is 6.92 Å². The van der Waals surface area contributed by atoms with E-state index in [-0.39, 0.29) is 0 Å². The largest absolute Gasteiger partial charge is 0.480 e. The number of carboxylic acid groups (broad SMARTS) is 1. The number of aromatic nitrogens is 2. The van der Waals surface area contributed by atoms with Crippen LogP contribution in [-0.4, -0.2) is 26.2 Å². The molecule has 0 radical (unpaired) electrons. The van der Waals surface area contributed by atoms with E-state index < -0.39 is 11.5 Å². The van der Waals surface area contributed by atoms with Gasteiger partial charge in [-0.25, -0.2) is 4.98 Å². The Bertz CT molecular complexity index is 429. The van der Waals surface area contributed by atoms with Crippen LogP contribution in [0.1, 0.15) is 17.9 Å². The quantitative estimate of drug-likeness (QED) is 0.789. The summed E-state index contributed by atoms with van der Waals surface area (Å²) in [5, 5.41) is 9.05. The molecule has 0 saturated heterocycles. The molecule has 0 spiro atoms. The normalized spacial score (nSPS) is 25.0. The van der Waals surface area contributed by atoms with Crippen molar-refractivity contribution in [2.24, 2.45) is 5.73 Å². The molecule has 2 heterocycles. The summed E-state index contributed by atoms with van der Waals surface area (Å²) in [6.07, 6.45) is 0.767. The van der Waals surface area contributed by atoms with Gasteiger partial charge >= 0.3 is 5.97 Å². The van der Waals surface area contributed by atoms with Crippen LogP contribution in [0.15, 0.2) is 4.60 Å². The van der Waals surface area contributed by atoms with Gasteiger partial charge in [-0.05, 0) is 29.3 Å². The van der Waals surface area contributed by atoms with Crippen molar-refractivity contribution in [2.45, 2.75) is 31.8 Å². The average Bonchev–Trinajstić information content (AvgIpc) is 2.42. The SMILES string of the molecule is Cc1nc(Br)c2n1CCC(N)(C(=O)O)C2. The Balaban J connectivity index is 2.42. The number of rotatable bonds is 1. The van der Waals surface area contributed by atoms with Crippen LogP contribution < -0.4 is 5.73 Å². The van der Waals surface area contributed by atoms with Crippen LogP contribution in [-0.2, 0) is 17.8 Å². The number of nitrogens with two attached hydrogens (primary N) is 1. The average molecular weight is 274 g/mol. The summed E-state index contributed by atoms with van der Waals surface area (Å²) in [5.41, 5.74) is 5.56. The van der Waals surface area contributed by atoms with Crippen molar-refractivity contribution in [3.63, 3.8) is 0 Å². The smallest absolute Gasteiger partial charge is 0.324 e. The molecule has 1 aliphatic rings. The molecule has 1 unspecified atom stereocenters. The fourth-order valence-corrected chi connectivity index (χ4v) is 2.53. The maximum Gasteiger partial charge on any atom is 0.324 e. The minimum Gasteiger partial charge on any atom is -0.480 e. The second-order valence-electron chi connectivity index (χ2n) is 3.94. The number of aryl methyl sites for hydroxylation is 1. The molecule has 82 valence electrons. The molecule has 2 rings (SSSR count). The van der Waals surface area contributed by atoms with Gasteiger partial charge in [-0.3, -0.25) is 4.79 Å². The molecule has 0 aliphatic carbocycles. The van der Waals surface area contributed by atoms with Gasteiger partial charge < -0.3 is 15.4 Å². The van der Waals surface area contributed by atoms with Gasteiger partial charge in [-0.15, -0.1) is 0 Å². The van der Waals surface area contributed by atoms with Crippen molar-refractivity contribution in [1.82, 2.24) is 9.55 Å². The number of hydrogen-bond acceptors (Lipinski definition) is 3. The monoisotopic (exact) mass is 273 g/mol. The molecule has 0 aromatic carbocycles. The Kier molecular flexibility index (Phi) is 2.35. The Morgan fingerprint density at radius 2 is 2.40 bits per heavy atom. The second kappa shape index (κ2) is 3.31. The highest BCUT2D eigenvalue weighted by atomic mass is 79.9. The molecule has 5 nitrogen and oxygen atoms in total. The van der Waals surface area contributed by atoms with Gasteiger partial charge in [-0.2, -0.15) is 0 Å². The first-order chi connectivity index (χ1) is 6.94. The lowest BCUT2D eigenvalue weighted by Gasteiger charge is -2.30. The zero-order valence-corrected chi connectivity index (χ0v) is 9.91. The van der Waals surface area contributed by atoms with Gasteiger partial charge in [0.2, 0.25) is 0 Å². The molecule has 15 heavy (non-hydrogen) atoms. The predicted octanol–water partition coefficient (Wildman–Crippen LogP) is 0.682. The highest BCUT2D eigenvalue weighted by Crippen LogP contribution is 2.29. The summed E-state index contributed by atoms with van der Waals surface area (Å²) in [6, 6.07) is 0. The van der Waals surface area contributed by atoms with E-state index in [0.29, 0.717) is 24.0 Å². The van der Waals surface area contributed by atoms with Gasteiger partial charge in [-0.1, -0.05) is 0 Å². The van der Waals surface area contributed by atoms with Crippen molar-refractivity contribution >= 4 is 21.9 Å². The van der Waals surface area contributed by atoms with E-state index in [1.165, 1.54) is 0 Å². The third kappa shape index (κ3) is 1.57. The number of carboxylic acids is 1. The second-order valence-corrected chi connectivity index (χ2v) is 4.69. The molecule has 1 aromatic rings. The maximum atomic E-state index is 11.0. The highest BCUT2D eigenvalue weighted by molar-refractivity contribution is 9.10. The lowest BCUT2D eigenvalue weighted by molar-refractivity contribution is -0.144. The molecule has 0 fully saturated rings. The Morgan fingerprint density at radius 1 is 1.73 bits per heavy atom. The van der Waals surface area contributed by atoms with Crippen molar-refractivity contribution in [3.05, 3.63) is 16.1 Å². The molecular formula is C9H12BrN3O2. The molecule has 1 aromatic heterocycles. The maximum absolute atomic E-state index is 11.0. The van der Waals surface area contributed by atoms with Crippen molar-refractivity contribution in [2.75, 3.05) is 0 Å². The zero-order valence-electron chi connectivity index (χ0n) is 8.33. The van der Waals surface area contributed by atoms with E-state index in [2.05, 4.69) is 20.9 Å². The van der Waals surface area contributed by atoms with E-state index >= 15 is 0 Å². The number of nitrogens with zero attached hydrogens (tertiary/aromatic N) is 2. The number of carbonyl (C=O) groups is 1. The van der Waals surface area contributed by atoms with E-state index in [1.807, 2.05) is 11.5 Å². The van der Waals surface area contributed by atoms with E-state index in [4.69, 9.17) is 10.8 Å². The number of aliphatic carboxylic acids is 1. The molecule has 6 heteroatoms. The van der Waals surface area contributed by atoms with E-state index in [0.717, 1.165) is 11.5 Å². The van der Waals surface area contributed by atoms with Gasteiger partial charge in [0.1, 0.15) is 16.0 Å². The molecular weight excluding hydrogens is 262 g/mol. The molecule has 3 N–H and O–H groups in total. The van der Waals surface area contributed by atoms with Crippen molar-refractivity contribution in [3.8, 4) is 0 Å². The predicted molar refractivity (Wildman–Crippen MR) is 57.5 cm³/mol. The van der Waals surface area contributed by atoms with Crippen LogP contribution >= 0.6 is 15.9 Å². The summed E-state index contributed by atoms with van der Waals surface area (Å²) in [5.74, 6) is -0.0520. The zero-order chi connectivity index (χ0) is 11.2. The Labute approximate surface area is 95.4 Å². The molecule has 0 bridgehead atoms. The third-order valence-corrected chi connectivity index (χ3v) is 3.54. The third-order valence-electron chi connectivity index (χ3n) is 2.90. The van der Waals surface area contributed by atoms with E-state index in [1.54, 1.807) is 0 Å². The van der Waals surface area contributed by atoms with Crippen molar-refractivity contribution < 1.29 is 9.90 Å². The summed E-state index contributed by atoms with van der Waals surface area (Å²) < 4.78 is 2.72. The minimum absolute atomic E-state index is 0.323.